The summed E-state index contributed by atoms with van der Waals surface area (Å²) in [5.41, 5.74) is 8.86. The summed E-state index contributed by atoms with van der Waals surface area (Å²) in [5, 5.41) is 10.5. The molecule has 0 unspecified atom stereocenters. The number of hydrogen-bond acceptors (Lipinski definition) is 5. The molecule has 0 aliphatic carbocycles. The Hall–Kier alpha value is -2.53. The van der Waals surface area contributed by atoms with Crippen molar-refractivity contribution in [1.29, 1.82) is 0 Å². The summed E-state index contributed by atoms with van der Waals surface area (Å²) in [7, 11) is 1.55. The van der Waals surface area contributed by atoms with Crippen LogP contribution in [0.15, 0.2) is 33.8 Å². The van der Waals surface area contributed by atoms with Gasteiger partial charge in [0.05, 0.1) is 12.7 Å². The number of azide groups is 1. The second kappa shape index (κ2) is 4.33. The van der Waals surface area contributed by atoms with Crippen molar-refractivity contribution in [2.45, 2.75) is 0 Å². The molecule has 7 nitrogen and oxygen atoms in total. The molecule has 80 valence electrons. The van der Waals surface area contributed by atoms with Crippen LogP contribution in [0.5, 0.6) is 5.75 Å². The van der Waals surface area contributed by atoms with E-state index in [9.17, 15) is 0 Å². The fourth-order valence-corrected chi connectivity index (χ4v) is 1.22. The molecular weight excluding hydrogens is 210 g/mol. The van der Waals surface area contributed by atoms with Gasteiger partial charge in [0.1, 0.15) is 5.75 Å². The standard InChI is InChI=1S/C9H7N5O2/c1-15-7-5-3-2-4-6(7)8-11-12-9(16-8)13-14-10/h2-5H,1H3. The van der Waals surface area contributed by atoms with Crippen molar-refractivity contribution in [2.24, 2.45) is 5.11 Å². The van der Waals surface area contributed by atoms with Gasteiger partial charge in [0.25, 0.3) is 5.89 Å². The molecule has 0 saturated carbocycles. The molecule has 0 saturated heterocycles. The van der Waals surface area contributed by atoms with E-state index in [1.54, 1.807) is 19.2 Å². The van der Waals surface area contributed by atoms with E-state index in [2.05, 4.69) is 20.2 Å². The van der Waals surface area contributed by atoms with Gasteiger partial charge in [-0.25, -0.2) is 0 Å². The van der Waals surface area contributed by atoms with Gasteiger partial charge in [-0.2, -0.15) is 0 Å². The van der Waals surface area contributed by atoms with Crippen LogP contribution in [-0.2, 0) is 0 Å². The quantitative estimate of drug-likeness (QED) is 0.448. The number of benzene rings is 1. The Balaban J connectivity index is 2.45. The molecule has 7 heteroatoms. The maximum absolute atomic E-state index is 8.21. The van der Waals surface area contributed by atoms with Crippen LogP contribution in [0.25, 0.3) is 21.9 Å². The van der Waals surface area contributed by atoms with Crippen LogP contribution >= 0.6 is 0 Å². The number of methoxy groups -OCH3 is 1. The van der Waals surface area contributed by atoms with E-state index in [4.69, 9.17) is 14.7 Å². The summed E-state index contributed by atoms with van der Waals surface area (Å²) in [5.74, 6) is 0.860. The topological polar surface area (TPSA) is 96.9 Å². The lowest BCUT2D eigenvalue weighted by Crippen LogP contribution is -1.87. The van der Waals surface area contributed by atoms with Gasteiger partial charge in [0, 0.05) is 10.0 Å². The van der Waals surface area contributed by atoms with Crippen LogP contribution < -0.4 is 4.74 Å². The van der Waals surface area contributed by atoms with Gasteiger partial charge in [0.2, 0.25) is 0 Å². The highest BCUT2D eigenvalue weighted by Gasteiger charge is 2.11. The monoisotopic (exact) mass is 217 g/mol. The maximum atomic E-state index is 8.21. The fraction of sp³-hybridized carbons (Fsp3) is 0.111. The average molecular weight is 217 g/mol. The van der Waals surface area contributed by atoms with Crippen molar-refractivity contribution in [3.05, 3.63) is 34.7 Å². The van der Waals surface area contributed by atoms with Gasteiger partial charge in [-0.15, -0.1) is 10.2 Å². The minimum atomic E-state index is -0.122. The van der Waals surface area contributed by atoms with Crippen molar-refractivity contribution in [3.63, 3.8) is 0 Å². The van der Waals surface area contributed by atoms with Crippen LogP contribution in [0.3, 0.4) is 0 Å². The minimum absolute atomic E-state index is 0.122. The molecule has 2 rings (SSSR count). The first kappa shape index (κ1) is 10.0. The molecule has 1 aromatic carbocycles. The van der Waals surface area contributed by atoms with E-state index in [0.29, 0.717) is 11.3 Å². The Labute approximate surface area is 90.3 Å². The van der Waals surface area contributed by atoms with Crippen LogP contribution in [0.1, 0.15) is 0 Å². The summed E-state index contributed by atoms with van der Waals surface area (Å²) >= 11 is 0. The largest absolute Gasteiger partial charge is 0.496 e. The van der Waals surface area contributed by atoms with Crippen molar-refractivity contribution in [2.75, 3.05) is 7.11 Å². The Bertz CT molecular complexity index is 544. The normalized spacial score (nSPS) is 9.56. The molecule has 1 aromatic heterocycles. The highest BCUT2D eigenvalue weighted by Crippen LogP contribution is 2.29. The first-order valence-electron chi connectivity index (χ1n) is 4.37. The van der Waals surface area contributed by atoms with E-state index in [-0.39, 0.29) is 11.9 Å². The van der Waals surface area contributed by atoms with E-state index < -0.39 is 0 Å². The maximum Gasteiger partial charge on any atom is 0.304 e. The Morgan fingerprint density at radius 3 is 2.94 bits per heavy atom. The summed E-state index contributed by atoms with van der Waals surface area (Å²) in [6.07, 6.45) is 0. The lowest BCUT2D eigenvalue weighted by molar-refractivity contribution is 0.414. The molecule has 1 heterocycles. The number of hydrogen-bond donors (Lipinski definition) is 0. The first-order valence-corrected chi connectivity index (χ1v) is 4.37. The number of rotatable bonds is 3. The molecule has 0 spiro atoms. The summed E-state index contributed by atoms with van der Waals surface area (Å²) in [6, 6.07) is 7.06. The van der Waals surface area contributed by atoms with Crippen molar-refractivity contribution in [1.82, 2.24) is 10.2 Å². The molecular formula is C9H7N5O2. The van der Waals surface area contributed by atoms with Gasteiger partial charge in [-0.05, 0) is 17.7 Å². The lowest BCUT2D eigenvalue weighted by Gasteiger charge is -2.02. The molecule has 0 atom stereocenters. The smallest absolute Gasteiger partial charge is 0.304 e. The van der Waals surface area contributed by atoms with E-state index in [1.807, 2.05) is 12.1 Å². The van der Waals surface area contributed by atoms with Crippen LogP contribution in [0, 0.1) is 0 Å². The third kappa shape index (κ3) is 1.79. The highest BCUT2D eigenvalue weighted by molar-refractivity contribution is 5.62. The SMILES string of the molecule is COc1ccccc1-c1nnc(N=[N+]=[N-])o1. The van der Waals surface area contributed by atoms with Crippen LogP contribution in [-0.4, -0.2) is 17.3 Å². The zero-order valence-corrected chi connectivity index (χ0v) is 8.36. The lowest BCUT2D eigenvalue weighted by atomic mass is 10.2. The molecule has 2 aromatic rings. The fourth-order valence-electron chi connectivity index (χ4n) is 1.22. The van der Waals surface area contributed by atoms with E-state index in [1.165, 1.54) is 0 Å². The summed E-state index contributed by atoms with van der Waals surface area (Å²) in [4.78, 5) is 2.55. The summed E-state index contributed by atoms with van der Waals surface area (Å²) < 4.78 is 10.3. The highest BCUT2D eigenvalue weighted by atomic mass is 16.5. The summed E-state index contributed by atoms with van der Waals surface area (Å²) in [6.45, 7) is 0. The van der Waals surface area contributed by atoms with E-state index in [0.717, 1.165) is 0 Å². The van der Waals surface area contributed by atoms with Gasteiger partial charge in [-0.1, -0.05) is 12.1 Å². The molecule has 0 aliphatic heterocycles. The second-order valence-corrected chi connectivity index (χ2v) is 2.78. The van der Waals surface area contributed by atoms with Gasteiger partial charge in [-0.3, -0.25) is 0 Å². The molecule has 0 amide bonds. The minimum Gasteiger partial charge on any atom is -0.496 e. The third-order valence-electron chi connectivity index (χ3n) is 1.88. The first-order chi connectivity index (χ1) is 7.85. The number of ether oxygens (including phenoxy) is 1. The van der Waals surface area contributed by atoms with Crippen LogP contribution in [0.4, 0.5) is 6.01 Å². The Kier molecular flexibility index (Phi) is 2.71. The second-order valence-electron chi connectivity index (χ2n) is 2.78. The zero-order chi connectivity index (χ0) is 11.4. The Morgan fingerprint density at radius 2 is 2.19 bits per heavy atom. The molecule has 0 aliphatic rings. The Morgan fingerprint density at radius 1 is 1.38 bits per heavy atom. The number of para-hydroxylation sites is 1. The number of aromatic nitrogens is 2. The third-order valence-corrected chi connectivity index (χ3v) is 1.88. The van der Waals surface area contributed by atoms with Crippen molar-refractivity contribution in [3.8, 4) is 17.2 Å². The van der Waals surface area contributed by atoms with Crippen molar-refractivity contribution < 1.29 is 9.15 Å². The van der Waals surface area contributed by atoms with Gasteiger partial charge in [0.15, 0.2) is 0 Å². The molecule has 0 radical (unpaired) electrons. The molecule has 16 heavy (non-hydrogen) atoms. The number of nitrogens with zero attached hydrogens (tertiary/aromatic N) is 5. The van der Waals surface area contributed by atoms with Crippen LogP contribution in [0.2, 0.25) is 0 Å². The van der Waals surface area contributed by atoms with E-state index >= 15 is 0 Å². The predicted octanol–water partition coefficient (Wildman–Crippen LogP) is 2.69. The van der Waals surface area contributed by atoms with Gasteiger partial charge < -0.3 is 9.15 Å². The molecule has 0 N–H and O–H groups in total. The molecule has 0 bridgehead atoms. The predicted molar refractivity (Wildman–Crippen MR) is 55.1 cm³/mol. The van der Waals surface area contributed by atoms with Gasteiger partial charge >= 0.3 is 6.01 Å². The average Bonchev–Trinajstić information content (AvgIpc) is 2.78. The molecule has 0 fully saturated rings. The van der Waals surface area contributed by atoms with Crippen molar-refractivity contribution >= 4 is 6.01 Å². The zero-order valence-electron chi connectivity index (χ0n) is 8.36.